The van der Waals surface area contributed by atoms with E-state index in [-0.39, 0.29) is 17.9 Å². The number of halogens is 3. The van der Waals surface area contributed by atoms with Crippen molar-refractivity contribution in [3.63, 3.8) is 0 Å². The molecule has 1 aliphatic rings. The SMILES string of the molecule is O=C(NC[C@@H]1Cc2cc(F)cc(F)c2O1)c1cccc(F)c1. The molecular formula is C16H12F3NO2. The number of hydrogen-bond donors (Lipinski definition) is 1. The third-order valence-corrected chi connectivity index (χ3v) is 3.39. The van der Waals surface area contributed by atoms with Gasteiger partial charge in [-0.2, -0.15) is 0 Å². The number of ether oxygens (including phenoxy) is 1. The Labute approximate surface area is 124 Å². The number of nitrogens with one attached hydrogen (secondary N) is 1. The molecule has 0 radical (unpaired) electrons. The fraction of sp³-hybridized carbons (Fsp3) is 0.188. The van der Waals surface area contributed by atoms with Gasteiger partial charge < -0.3 is 10.1 Å². The number of carbonyl (C=O) groups excluding carboxylic acids is 1. The summed E-state index contributed by atoms with van der Waals surface area (Å²) in [6.45, 7) is 0.116. The van der Waals surface area contributed by atoms with E-state index in [0.717, 1.165) is 12.1 Å². The Morgan fingerprint density at radius 2 is 2.00 bits per heavy atom. The van der Waals surface area contributed by atoms with Crippen molar-refractivity contribution in [1.29, 1.82) is 0 Å². The van der Waals surface area contributed by atoms with Gasteiger partial charge in [0, 0.05) is 23.6 Å². The zero-order valence-electron chi connectivity index (χ0n) is 11.4. The zero-order valence-corrected chi connectivity index (χ0v) is 11.4. The molecule has 0 aromatic heterocycles. The van der Waals surface area contributed by atoms with E-state index in [9.17, 15) is 18.0 Å². The molecule has 2 aromatic carbocycles. The van der Waals surface area contributed by atoms with Crippen molar-refractivity contribution in [3.05, 3.63) is 65.0 Å². The Bertz CT molecular complexity index is 733. The lowest BCUT2D eigenvalue weighted by atomic mass is 10.1. The van der Waals surface area contributed by atoms with Crippen LogP contribution in [0.15, 0.2) is 36.4 Å². The van der Waals surface area contributed by atoms with Crippen LogP contribution < -0.4 is 10.1 Å². The molecule has 1 N–H and O–H groups in total. The van der Waals surface area contributed by atoms with Crippen molar-refractivity contribution in [3.8, 4) is 5.75 Å². The molecule has 6 heteroatoms. The van der Waals surface area contributed by atoms with Crippen molar-refractivity contribution in [1.82, 2.24) is 5.32 Å². The molecule has 114 valence electrons. The molecule has 1 heterocycles. The van der Waals surface area contributed by atoms with Crippen LogP contribution >= 0.6 is 0 Å². The van der Waals surface area contributed by atoms with Crippen LogP contribution in [-0.4, -0.2) is 18.6 Å². The van der Waals surface area contributed by atoms with Gasteiger partial charge in [-0.15, -0.1) is 0 Å². The van der Waals surface area contributed by atoms with Crippen molar-refractivity contribution < 1.29 is 22.7 Å². The first-order chi connectivity index (χ1) is 10.5. The number of fused-ring (bicyclic) bond motifs is 1. The van der Waals surface area contributed by atoms with E-state index in [4.69, 9.17) is 4.74 Å². The van der Waals surface area contributed by atoms with Gasteiger partial charge in [0.05, 0.1) is 6.54 Å². The van der Waals surface area contributed by atoms with E-state index in [1.165, 1.54) is 24.3 Å². The highest BCUT2D eigenvalue weighted by Crippen LogP contribution is 2.32. The predicted octanol–water partition coefficient (Wildman–Crippen LogP) is 2.84. The largest absolute Gasteiger partial charge is 0.485 e. The van der Waals surface area contributed by atoms with Gasteiger partial charge in [0.1, 0.15) is 17.7 Å². The highest BCUT2D eigenvalue weighted by molar-refractivity contribution is 5.94. The summed E-state index contributed by atoms with van der Waals surface area (Å²) in [4.78, 5) is 11.9. The number of amides is 1. The summed E-state index contributed by atoms with van der Waals surface area (Å²) in [6.07, 6.45) is -0.184. The fourth-order valence-electron chi connectivity index (χ4n) is 2.40. The summed E-state index contributed by atoms with van der Waals surface area (Å²) in [6, 6.07) is 7.25. The molecule has 0 aliphatic carbocycles. The number of hydrogen-bond acceptors (Lipinski definition) is 2. The highest BCUT2D eigenvalue weighted by atomic mass is 19.1. The quantitative estimate of drug-likeness (QED) is 0.947. The van der Waals surface area contributed by atoms with E-state index >= 15 is 0 Å². The summed E-state index contributed by atoms with van der Waals surface area (Å²) in [5.74, 6) is -2.36. The first-order valence-electron chi connectivity index (χ1n) is 6.71. The van der Waals surface area contributed by atoms with Crippen LogP contribution in [0, 0.1) is 17.5 Å². The lowest BCUT2D eigenvalue weighted by Crippen LogP contribution is -2.34. The van der Waals surface area contributed by atoms with Crippen LogP contribution in [-0.2, 0) is 6.42 Å². The normalized spacial score (nSPS) is 16.0. The van der Waals surface area contributed by atoms with Gasteiger partial charge in [-0.1, -0.05) is 6.07 Å². The van der Waals surface area contributed by atoms with Gasteiger partial charge in [0.2, 0.25) is 0 Å². The van der Waals surface area contributed by atoms with Crippen molar-refractivity contribution in [2.24, 2.45) is 0 Å². The van der Waals surface area contributed by atoms with Crippen LogP contribution in [0.1, 0.15) is 15.9 Å². The summed E-state index contributed by atoms with van der Waals surface area (Å²) in [7, 11) is 0. The van der Waals surface area contributed by atoms with Crippen molar-refractivity contribution >= 4 is 5.91 Å². The molecule has 2 aromatic rings. The van der Waals surface area contributed by atoms with Gasteiger partial charge in [0.25, 0.3) is 5.91 Å². The van der Waals surface area contributed by atoms with Gasteiger partial charge in [-0.05, 0) is 24.3 Å². The molecule has 1 amide bonds. The minimum atomic E-state index is -0.756. The standard InChI is InChI=1S/C16H12F3NO2/c17-11-3-1-2-9(4-11)16(21)20-8-13-6-10-5-12(18)7-14(19)15(10)22-13/h1-5,7,13H,6,8H2,(H,20,21)/t13-/m0/s1. The average Bonchev–Trinajstić information content (AvgIpc) is 2.88. The van der Waals surface area contributed by atoms with Gasteiger partial charge in [-0.25, -0.2) is 13.2 Å². The molecule has 1 atom stereocenters. The highest BCUT2D eigenvalue weighted by Gasteiger charge is 2.27. The van der Waals surface area contributed by atoms with E-state index in [1.807, 2.05) is 0 Å². The average molecular weight is 307 g/mol. The van der Waals surface area contributed by atoms with E-state index in [2.05, 4.69) is 5.32 Å². The van der Waals surface area contributed by atoms with Crippen LogP contribution in [0.4, 0.5) is 13.2 Å². The maximum Gasteiger partial charge on any atom is 0.251 e. The monoisotopic (exact) mass is 307 g/mol. The maximum atomic E-state index is 13.5. The zero-order chi connectivity index (χ0) is 15.7. The van der Waals surface area contributed by atoms with E-state index in [0.29, 0.717) is 12.0 Å². The van der Waals surface area contributed by atoms with Gasteiger partial charge in [-0.3, -0.25) is 4.79 Å². The summed E-state index contributed by atoms with van der Waals surface area (Å²) in [5.41, 5.74) is 0.621. The molecule has 0 bridgehead atoms. The molecule has 22 heavy (non-hydrogen) atoms. The number of rotatable bonds is 3. The Balaban J connectivity index is 1.62. The summed E-state index contributed by atoms with van der Waals surface area (Å²) < 4.78 is 45.1. The lowest BCUT2D eigenvalue weighted by Gasteiger charge is -2.12. The van der Waals surface area contributed by atoms with Gasteiger partial charge >= 0.3 is 0 Å². The molecule has 0 spiro atoms. The molecule has 3 rings (SSSR count). The van der Waals surface area contributed by atoms with Crippen molar-refractivity contribution in [2.45, 2.75) is 12.5 Å². The molecule has 0 fully saturated rings. The summed E-state index contributed by atoms with van der Waals surface area (Å²) in [5, 5.41) is 2.59. The summed E-state index contributed by atoms with van der Waals surface area (Å²) >= 11 is 0. The Morgan fingerprint density at radius 3 is 2.77 bits per heavy atom. The molecule has 0 unspecified atom stereocenters. The van der Waals surface area contributed by atoms with E-state index in [1.54, 1.807) is 0 Å². The first kappa shape index (κ1) is 14.4. The Kier molecular flexibility index (Phi) is 3.75. The molecule has 1 aliphatic heterocycles. The molecule has 3 nitrogen and oxygen atoms in total. The first-order valence-corrected chi connectivity index (χ1v) is 6.71. The van der Waals surface area contributed by atoms with Gasteiger partial charge in [0.15, 0.2) is 11.6 Å². The van der Waals surface area contributed by atoms with Crippen LogP contribution in [0.3, 0.4) is 0 Å². The minimum absolute atomic E-state index is 0.0198. The third kappa shape index (κ3) is 2.90. The Hall–Kier alpha value is -2.50. The van der Waals surface area contributed by atoms with Crippen LogP contribution in [0.2, 0.25) is 0 Å². The second-order valence-electron chi connectivity index (χ2n) is 5.04. The molecule has 0 saturated carbocycles. The molecule has 0 saturated heterocycles. The maximum absolute atomic E-state index is 13.5. The smallest absolute Gasteiger partial charge is 0.251 e. The van der Waals surface area contributed by atoms with Crippen LogP contribution in [0.5, 0.6) is 5.75 Å². The topological polar surface area (TPSA) is 38.3 Å². The number of benzene rings is 2. The minimum Gasteiger partial charge on any atom is -0.485 e. The van der Waals surface area contributed by atoms with Crippen LogP contribution in [0.25, 0.3) is 0 Å². The lowest BCUT2D eigenvalue weighted by molar-refractivity contribution is 0.0932. The fourth-order valence-corrected chi connectivity index (χ4v) is 2.40. The van der Waals surface area contributed by atoms with Crippen molar-refractivity contribution in [2.75, 3.05) is 6.54 Å². The molecular weight excluding hydrogens is 295 g/mol. The number of carbonyl (C=O) groups is 1. The second kappa shape index (κ2) is 5.71. The Morgan fingerprint density at radius 1 is 1.18 bits per heavy atom. The third-order valence-electron chi connectivity index (χ3n) is 3.39. The second-order valence-corrected chi connectivity index (χ2v) is 5.04. The predicted molar refractivity (Wildman–Crippen MR) is 73.2 cm³/mol. The van der Waals surface area contributed by atoms with E-state index < -0.39 is 29.5 Å².